The molecule has 0 bridgehead atoms. The Kier molecular flexibility index (Phi) is 6.15. The molecule has 27 heavy (non-hydrogen) atoms. The van der Waals surface area contributed by atoms with Gasteiger partial charge in [0.15, 0.2) is 5.78 Å². The topological polar surface area (TPSA) is 87.7 Å². The van der Waals surface area contributed by atoms with Gasteiger partial charge in [-0.2, -0.15) is 0 Å². The monoisotopic (exact) mass is 393 g/mol. The van der Waals surface area contributed by atoms with Gasteiger partial charge in [0, 0.05) is 37.4 Å². The number of nitrogens with zero attached hydrogens (tertiary/aromatic N) is 1. The Balaban J connectivity index is 2.29. The molecule has 8 heteroatoms. The lowest BCUT2D eigenvalue weighted by atomic mass is 9.83. The lowest BCUT2D eigenvalue weighted by molar-refractivity contribution is -0.135. The van der Waals surface area contributed by atoms with Crippen molar-refractivity contribution in [1.82, 2.24) is 10.4 Å². The number of nitrogens with one attached hydrogen (secondary N) is 2. The van der Waals surface area contributed by atoms with Crippen LogP contribution in [0.1, 0.15) is 39.2 Å². The molecule has 7 nitrogen and oxygen atoms in total. The van der Waals surface area contributed by atoms with Gasteiger partial charge < -0.3 is 15.5 Å². The van der Waals surface area contributed by atoms with E-state index in [1.54, 1.807) is 39.0 Å². The average molecular weight is 394 g/mol. The fourth-order valence-electron chi connectivity index (χ4n) is 2.64. The summed E-state index contributed by atoms with van der Waals surface area (Å²) in [6.07, 6.45) is 0.965. The summed E-state index contributed by atoms with van der Waals surface area (Å²) in [6.45, 7) is 6.89. The highest BCUT2D eigenvalue weighted by Crippen LogP contribution is 2.37. The Morgan fingerprint density at radius 2 is 2.00 bits per heavy atom. The number of carbonyl (C=O) groups is 3. The number of halogens is 1. The molecule has 0 spiro atoms. The van der Waals surface area contributed by atoms with Crippen LogP contribution < -0.4 is 10.7 Å². The predicted molar refractivity (Wildman–Crippen MR) is 104 cm³/mol. The summed E-state index contributed by atoms with van der Waals surface area (Å²) in [7, 11) is 1.51. The van der Waals surface area contributed by atoms with Crippen LogP contribution in [0.15, 0.2) is 30.0 Å². The van der Waals surface area contributed by atoms with Crippen molar-refractivity contribution < 1.29 is 19.1 Å². The van der Waals surface area contributed by atoms with Crippen molar-refractivity contribution >= 4 is 34.9 Å². The van der Waals surface area contributed by atoms with Crippen LogP contribution in [0.4, 0.5) is 10.5 Å². The van der Waals surface area contributed by atoms with Crippen LogP contribution in [-0.2, 0) is 14.3 Å². The van der Waals surface area contributed by atoms with Crippen LogP contribution in [0, 0.1) is 0 Å². The van der Waals surface area contributed by atoms with Crippen molar-refractivity contribution in [1.29, 1.82) is 0 Å². The quantitative estimate of drug-likeness (QED) is 0.603. The van der Waals surface area contributed by atoms with Crippen LogP contribution in [0.3, 0.4) is 0 Å². The summed E-state index contributed by atoms with van der Waals surface area (Å²) in [5.41, 5.74) is 4.16. The van der Waals surface area contributed by atoms with Gasteiger partial charge in [-0.3, -0.25) is 9.59 Å². The number of hydrazine groups is 1. The first-order valence-electron chi connectivity index (χ1n) is 8.49. The van der Waals surface area contributed by atoms with E-state index in [-0.39, 0.29) is 0 Å². The number of carbonyl (C=O) groups excluding carboxylic acids is 3. The minimum absolute atomic E-state index is 0.341. The highest BCUT2D eigenvalue weighted by molar-refractivity contribution is 6.39. The zero-order valence-corrected chi connectivity index (χ0v) is 16.8. The van der Waals surface area contributed by atoms with Gasteiger partial charge in [0.25, 0.3) is 0 Å². The molecule has 0 radical (unpaired) electrons. The van der Waals surface area contributed by atoms with Gasteiger partial charge in [0.1, 0.15) is 5.60 Å². The zero-order chi connectivity index (χ0) is 20.4. The number of ketones is 2. The molecule has 1 heterocycles. The molecular weight excluding hydrogens is 370 g/mol. The molecule has 2 N–H and O–H groups in total. The van der Waals surface area contributed by atoms with E-state index < -0.39 is 29.2 Å². The van der Waals surface area contributed by atoms with Gasteiger partial charge in [0.05, 0.1) is 5.92 Å². The Hall–Kier alpha value is -2.54. The minimum atomic E-state index is -0.767. The second kappa shape index (κ2) is 8.00. The molecule has 0 saturated carbocycles. The molecule has 146 valence electrons. The number of hydrogen-bond acceptors (Lipinski definition) is 6. The Morgan fingerprint density at radius 3 is 2.59 bits per heavy atom. The van der Waals surface area contributed by atoms with Gasteiger partial charge in [0.2, 0.25) is 5.78 Å². The standard InChI is InChI=1S/C19H24ClN3O4/c1-11(24)17(25)16-12(9-21-15-7-6-13(20)8-14(15)16)10-22-23(5)18(26)27-19(2,3)4/h6-8,10,16,21-22H,9H2,1-5H3/b12-10+. The van der Waals surface area contributed by atoms with E-state index in [4.69, 9.17) is 16.3 Å². The van der Waals surface area contributed by atoms with Gasteiger partial charge in [-0.25, -0.2) is 9.80 Å². The third kappa shape index (κ3) is 5.23. The molecule has 0 saturated heterocycles. The van der Waals surface area contributed by atoms with E-state index in [2.05, 4.69) is 10.7 Å². The van der Waals surface area contributed by atoms with Gasteiger partial charge >= 0.3 is 6.09 Å². The Morgan fingerprint density at radius 1 is 1.33 bits per heavy atom. The molecule has 1 aliphatic heterocycles. The van der Waals surface area contributed by atoms with E-state index >= 15 is 0 Å². The molecule has 1 aromatic carbocycles. The maximum Gasteiger partial charge on any atom is 0.428 e. The van der Waals surface area contributed by atoms with Gasteiger partial charge in [-0.05, 0) is 50.1 Å². The maximum atomic E-state index is 12.6. The molecule has 1 amide bonds. The number of Topliss-reactive ketones (excluding diaryl/α,β-unsaturated/α-hetero) is 2. The smallest absolute Gasteiger partial charge is 0.428 e. The van der Waals surface area contributed by atoms with E-state index in [1.165, 1.54) is 25.2 Å². The number of amides is 1. The summed E-state index contributed by atoms with van der Waals surface area (Å²) in [6, 6.07) is 5.15. The predicted octanol–water partition coefficient (Wildman–Crippen LogP) is 3.26. The second-order valence-electron chi connectivity index (χ2n) is 7.33. The largest absolute Gasteiger partial charge is 0.442 e. The molecule has 1 aliphatic rings. The van der Waals surface area contributed by atoms with Crippen molar-refractivity contribution in [3.63, 3.8) is 0 Å². The first-order chi connectivity index (χ1) is 12.5. The van der Waals surface area contributed by atoms with Crippen LogP contribution in [0.5, 0.6) is 0 Å². The molecule has 1 unspecified atom stereocenters. The van der Waals surface area contributed by atoms with Crippen molar-refractivity contribution in [2.75, 3.05) is 18.9 Å². The van der Waals surface area contributed by atoms with Crippen molar-refractivity contribution in [2.45, 2.75) is 39.2 Å². The first-order valence-corrected chi connectivity index (χ1v) is 8.87. The van der Waals surface area contributed by atoms with Crippen LogP contribution >= 0.6 is 11.6 Å². The van der Waals surface area contributed by atoms with E-state index in [0.29, 0.717) is 22.7 Å². The number of benzene rings is 1. The molecular formula is C19H24ClN3O4. The van der Waals surface area contributed by atoms with Crippen molar-refractivity contribution in [3.8, 4) is 0 Å². The van der Waals surface area contributed by atoms with Crippen molar-refractivity contribution in [3.05, 3.63) is 40.6 Å². The van der Waals surface area contributed by atoms with E-state index in [9.17, 15) is 14.4 Å². The molecule has 2 rings (SSSR count). The average Bonchev–Trinajstić information content (AvgIpc) is 2.56. The molecule has 0 aliphatic carbocycles. The van der Waals surface area contributed by atoms with Crippen LogP contribution in [0.2, 0.25) is 5.02 Å². The summed E-state index contributed by atoms with van der Waals surface area (Å²) < 4.78 is 5.26. The number of hydrogen-bond donors (Lipinski definition) is 2. The summed E-state index contributed by atoms with van der Waals surface area (Å²) >= 11 is 6.08. The normalized spacial score (nSPS) is 17.6. The lowest BCUT2D eigenvalue weighted by Crippen LogP contribution is -2.41. The zero-order valence-electron chi connectivity index (χ0n) is 16.1. The SMILES string of the molecule is CC(=O)C(=O)C1/C(=C/NN(C)C(=O)OC(C)(C)C)CNc2ccc(Cl)cc21. The van der Waals surface area contributed by atoms with E-state index in [1.807, 2.05) is 0 Å². The number of fused-ring (bicyclic) bond motifs is 1. The fraction of sp³-hybridized carbons (Fsp3) is 0.421. The highest BCUT2D eigenvalue weighted by Gasteiger charge is 2.33. The summed E-state index contributed by atoms with van der Waals surface area (Å²) in [5.74, 6) is -1.84. The highest BCUT2D eigenvalue weighted by atomic mass is 35.5. The molecule has 1 atom stereocenters. The Bertz CT molecular complexity index is 799. The third-order valence-corrected chi connectivity index (χ3v) is 4.13. The minimum Gasteiger partial charge on any atom is -0.442 e. The Labute approximate surface area is 163 Å². The molecule has 0 fully saturated rings. The summed E-state index contributed by atoms with van der Waals surface area (Å²) in [4.78, 5) is 36.4. The van der Waals surface area contributed by atoms with Crippen molar-refractivity contribution in [2.24, 2.45) is 0 Å². The molecule has 0 aromatic heterocycles. The number of ether oxygens (including phenoxy) is 1. The number of rotatable bonds is 4. The molecule has 1 aromatic rings. The van der Waals surface area contributed by atoms with Gasteiger partial charge in [-0.1, -0.05) is 11.6 Å². The number of anilines is 1. The van der Waals surface area contributed by atoms with Crippen LogP contribution in [-0.4, -0.2) is 41.9 Å². The second-order valence-corrected chi connectivity index (χ2v) is 7.76. The van der Waals surface area contributed by atoms with E-state index in [0.717, 1.165) is 5.69 Å². The fourth-order valence-corrected chi connectivity index (χ4v) is 2.82. The maximum absolute atomic E-state index is 12.6. The van der Waals surface area contributed by atoms with Gasteiger partial charge in [-0.15, -0.1) is 0 Å². The lowest BCUT2D eigenvalue weighted by Gasteiger charge is -2.29. The third-order valence-electron chi connectivity index (χ3n) is 3.90. The first kappa shape index (κ1) is 20.8. The summed E-state index contributed by atoms with van der Waals surface area (Å²) in [5, 5.41) is 4.83. The van der Waals surface area contributed by atoms with Crippen LogP contribution in [0.25, 0.3) is 0 Å².